The topological polar surface area (TPSA) is 34.1 Å². The van der Waals surface area contributed by atoms with E-state index in [4.69, 9.17) is 0 Å². The Morgan fingerprint density at radius 2 is 1.83 bits per heavy atom. The minimum Gasteiger partial charge on any atom is -0.217 e. The standard InChI is InChI=1S/C13H16F2O2S/c1-2-3-4-8-11-13(14,15)18(16,17)12-9-6-5-7-10-12/h5-11H,2-4H2,1H3/b11-8+. The fraction of sp³-hybridized carbons (Fsp3) is 0.385. The highest BCUT2D eigenvalue weighted by Crippen LogP contribution is 2.30. The number of allylic oxidation sites excluding steroid dienone is 1. The zero-order valence-electron chi connectivity index (χ0n) is 10.1. The lowest BCUT2D eigenvalue weighted by Gasteiger charge is -2.12. The van der Waals surface area contributed by atoms with Crippen molar-refractivity contribution in [3.05, 3.63) is 42.5 Å². The Morgan fingerprint density at radius 3 is 2.39 bits per heavy atom. The number of unbranched alkanes of at least 4 members (excludes halogenated alkanes) is 2. The van der Waals surface area contributed by atoms with Crippen LogP contribution >= 0.6 is 0 Å². The van der Waals surface area contributed by atoms with Gasteiger partial charge in [-0.15, -0.1) is 0 Å². The van der Waals surface area contributed by atoms with Gasteiger partial charge in [0.05, 0.1) is 4.90 Å². The lowest BCUT2D eigenvalue weighted by atomic mass is 10.2. The van der Waals surface area contributed by atoms with Crippen LogP contribution in [0.5, 0.6) is 0 Å². The molecule has 0 atom stereocenters. The van der Waals surface area contributed by atoms with Gasteiger partial charge >= 0.3 is 5.25 Å². The first-order chi connectivity index (χ1) is 8.42. The summed E-state index contributed by atoms with van der Waals surface area (Å²) in [5.41, 5.74) is 0. The van der Waals surface area contributed by atoms with Gasteiger partial charge in [-0.2, -0.15) is 8.78 Å². The van der Waals surface area contributed by atoms with Crippen LogP contribution in [0.1, 0.15) is 26.2 Å². The smallest absolute Gasteiger partial charge is 0.217 e. The summed E-state index contributed by atoms with van der Waals surface area (Å²) in [5.74, 6) is 0. The molecule has 100 valence electrons. The van der Waals surface area contributed by atoms with Gasteiger partial charge in [0, 0.05) is 0 Å². The van der Waals surface area contributed by atoms with Crippen molar-refractivity contribution in [1.82, 2.24) is 0 Å². The van der Waals surface area contributed by atoms with E-state index in [2.05, 4.69) is 0 Å². The molecule has 0 saturated carbocycles. The van der Waals surface area contributed by atoms with E-state index in [-0.39, 0.29) is 4.90 Å². The monoisotopic (exact) mass is 274 g/mol. The van der Waals surface area contributed by atoms with E-state index in [1.54, 1.807) is 6.07 Å². The van der Waals surface area contributed by atoms with Crippen molar-refractivity contribution in [3.63, 3.8) is 0 Å². The molecule has 0 N–H and O–H groups in total. The van der Waals surface area contributed by atoms with Crippen molar-refractivity contribution < 1.29 is 17.2 Å². The third-order valence-corrected chi connectivity index (χ3v) is 4.19. The molecule has 0 saturated heterocycles. The predicted octanol–water partition coefficient (Wildman–Crippen LogP) is 3.80. The van der Waals surface area contributed by atoms with Gasteiger partial charge in [-0.25, -0.2) is 8.42 Å². The molecule has 1 aromatic rings. The number of halogens is 2. The lowest BCUT2D eigenvalue weighted by molar-refractivity contribution is 0.146. The first-order valence-corrected chi connectivity index (χ1v) is 7.25. The van der Waals surface area contributed by atoms with Gasteiger partial charge in [0.25, 0.3) is 0 Å². The van der Waals surface area contributed by atoms with Crippen LogP contribution in [0.25, 0.3) is 0 Å². The molecule has 0 heterocycles. The minimum atomic E-state index is -4.65. The molecule has 0 spiro atoms. The van der Waals surface area contributed by atoms with E-state index in [9.17, 15) is 17.2 Å². The molecular weight excluding hydrogens is 258 g/mol. The molecule has 0 aliphatic rings. The Hall–Kier alpha value is -1.23. The number of alkyl halides is 2. The molecule has 1 aromatic carbocycles. The number of hydrogen-bond donors (Lipinski definition) is 0. The van der Waals surface area contributed by atoms with E-state index in [0.717, 1.165) is 12.8 Å². The third kappa shape index (κ3) is 3.38. The van der Waals surface area contributed by atoms with Gasteiger partial charge in [0.1, 0.15) is 0 Å². The third-order valence-electron chi connectivity index (χ3n) is 2.45. The van der Waals surface area contributed by atoms with Gasteiger partial charge in [0.15, 0.2) is 0 Å². The average Bonchev–Trinajstić information content (AvgIpc) is 2.35. The Labute approximate surface area is 106 Å². The molecular formula is C13H16F2O2S. The van der Waals surface area contributed by atoms with E-state index in [1.165, 1.54) is 30.3 Å². The highest BCUT2D eigenvalue weighted by atomic mass is 32.2. The average molecular weight is 274 g/mol. The largest absolute Gasteiger partial charge is 0.368 e. The van der Waals surface area contributed by atoms with Crippen LogP contribution in [0, 0.1) is 0 Å². The lowest BCUT2D eigenvalue weighted by Crippen LogP contribution is -2.26. The summed E-state index contributed by atoms with van der Waals surface area (Å²) in [6, 6.07) is 6.76. The molecule has 0 aliphatic carbocycles. The zero-order chi connectivity index (χ0) is 13.6. The first kappa shape index (κ1) is 14.8. The van der Waals surface area contributed by atoms with Gasteiger partial charge in [-0.05, 0) is 24.6 Å². The summed E-state index contributed by atoms with van der Waals surface area (Å²) in [4.78, 5) is -0.366. The fourth-order valence-corrected chi connectivity index (χ4v) is 2.49. The number of hydrogen-bond acceptors (Lipinski definition) is 2. The summed E-state index contributed by atoms with van der Waals surface area (Å²) in [5, 5.41) is -3.86. The predicted molar refractivity (Wildman–Crippen MR) is 67.2 cm³/mol. The second-order valence-electron chi connectivity index (χ2n) is 3.92. The Bertz CT molecular complexity index is 493. The summed E-state index contributed by atoms with van der Waals surface area (Å²) in [6.07, 6.45) is 3.80. The minimum absolute atomic E-state index is 0.366. The van der Waals surface area contributed by atoms with E-state index < -0.39 is 15.1 Å². The molecule has 0 aliphatic heterocycles. The van der Waals surface area contributed by atoms with Gasteiger partial charge in [-0.1, -0.05) is 44.0 Å². The molecule has 0 aromatic heterocycles. The Balaban J connectivity index is 2.93. The molecule has 0 fully saturated rings. The van der Waals surface area contributed by atoms with Gasteiger partial charge in [0.2, 0.25) is 9.84 Å². The van der Waals surface area contributed by atoms with Crippen LogP contribution < -0.4 is 0 Å². The maximum atomic E-state index is 13.6. The van der Waals surface area contributed by atoms with Gasteiger partial charge < -0.3 is 0 Å². The quantitative estimate of drug-likeness (QED) is 0.584. The second kappa shape index (κ2) is 6.09. The molecule has 0 bridgehead atoms. The van der Waals surface area contributed by atoms with Crippen molar-refractivity contribution in [2.45, 2.75) is 36.3 Å². The Morgan fingerprint density at radius 1 is 1.22 bits per heavy atom. The molecule has 18 heavy (non-hydrogen) atoms. The molecule has 2 nitrogen and oxygen atoms in total. The van der Waals surface area contributed by atoms with Gasteiger partial charge in [-0.3, -0.25) is 0 Å². The van der Waals surface area contributed by atoms with Crippen molar-refractivity contribution >= 4 is 9.84 Å². The highest BCUT2D eigenvalue weighted by Gasteiger charge is 2.43. The highest BCUT2D eigenvalue weighted by molar-refractivity contribution is 7.92. The number of benzene rings is 1. The maximum Gasteiger partial charge on any atom is 0.368 e. The van der Waals surface area contributed by atoms with Crippen molar-refractivity contribution in [3.8, 4) is 0 Å². The normalized spacial score (nSPS) is 13.1. The maximum absolute atomic E-state index is 13.6. The van der Waals surface area contributed by atoms with Crippen molar-refractivity contribution in [2.75, 3.05) is 0 Å². The van der Waals surface area contributed by atoms with Crippen LogP contribution in [0.15, 0.2) is 47.4 Å². The molecule has 0 unspecified atom stereocenters. The fourth-order valence-electron chi connectivity index (χ4n) is 1.39. The van der Waals surface area contributed by atoms with Crippen molar-refractivity contribution in [2.24, 2.45) is 0 Å². The van der Waals surface area contributed by atoms with E-state index in [1.807, 2.05) is 6.92 Å². The summed E-state index contributed by atoms with van der Waals surface area (Å²) >= 11 is 0. The van der Waals surface area contributed by atoms with Crippen LogP contribution in [0.4, 0.5) is 8.78 Å². The van der Waals surface area contributed by atoms with E-state index >= 15 is 0 Å². The van der Waals surface area contributed by atoms with Crippen LogP contribution in [0.3, 0.4) is 0 Å². The molecule has 1 rings (SSSR count). The van der Waals surface area contributed by atoms with Crippen LogP contribution in [-0.2, 0) is 9.84 Å². The van der Waals surface area contributed by atoms with Crippen LogP contribution in [-0.4, -0.2) is 13.7 Å². The molecule has 5 heteroatoms. The molecule has 0 amide bonds. The zero-order valence-corrected chi connectivity index (χ0v) is 11.0. The van der Waals surface area contributed by atoms with E-state index in [0.29, 0.717) is 12.5 Å². The number of sulfone groups is 1. The SMILES string of the molecule is CCCC/C=C/C(F)(F)S(=O)(=O)c1ccccc1. The first-order valence-electron chi connectivity index (χ1n) is 5.77. The summed E-state index contributed by atoms with van der Waals surface area (Å²) in [6.45, 7) is 1.94. The summed E-state index contributed by atoms with van der Waals surface area (Å²) < 4.78 is 50.7. The summed E-state index contributed by atoms with van der Waals surface area (Å²) in [7, 11) is -4.65. The van der Waals surface area contributed by atoms with Crippen LogP contribution in [0.2, 0.25) is 0 Å². The van der Waals surface area contributed by atoms with Crippen molar-refractivity contribution in [1.29, 1.82) is 0 Å². The second-order valence-corrected chi connectivity index (χ2v) is 5.95. The number of rotatable bonds is 6. The molecule has 0 radical (unpaired) electrons. The Kier molecular flexibility index (Phi) is 5.02.